The minimum absolute atomic E-state index is 0.0466. The molecule has 0 spiro atoms. The maximum absolute atomic E-state index is 14.1. The average Bonchev–Trinajstić information content (AvgIpc) is 3.26. The molecule has 3 heterocycles. The van der Waals surface area contributed by atoms with Gasteiger partial charge in [-0.05, 0) is 18.2 Å². The first-order valence-corrected chi connectivity index (χ1v) is 12.4. The molecule has 2 aromatic carbocycles. The summed E-state index contributed by atoms with van der Waals surface area (Å²) >= 11 is 0. The number of halogens is 1. The standard InChI is InChI=1S/C27H30FN5O4/c1-30-21-17-33(26(35)24(21)25(29-27(30)36)18-7-3-6-10-22(18)37-2)12-11-23(34)32-15-13-31(14-16-32)20-9-5-4-8-19(20)28/h3-10,25H,11-17H2,1-2H3,(H,29,36)/t25-/m0/s1. The molecule has 2 aromatic rings. The van der Waals surface area contributed by atoms with Crippen LogP contribution in [0.2, 0.25) is 0 Å². The maximum Gasteiger partial charge on any atom is 0.322 e. The summed E-state index contributed by atoms with van der Waals surface area (Å²) < 4.78 is 19.6. The van der Waals surface area contributed by atoms with Crippen molar-refractivity contribution in [3.05, 3.63) is 71.2 Å². The van der Waals surface area contributed by atoms with Gasteiger partial charge < -0.3 is 24.8 Å². The number of amides is 4. The number of urea groups is 1. The molecule has 9 nitrogen and oxygen atoms in total. The number of rotatable bonds is 6. The van der Waals surface area contributed by atoms with E-state index in [9.17, 15) is 18.8 Å². The summed E-state index contributed by atoms with van der Waals surface area (Å²) in [6.07, 6.45) is 0.177. The van der Waals surface area contributed by atoms with Crippen molar-refractivity contribution in [2.75, 3.05) is 58.3 Å². The quantitative estimate of drug-likeness (QED) is 0.649. The Hall–Kier alpha value is -4.08. The third-order valence-electron chi connectivity index (χ3n) is 7.31. The lowest BCUT2D eigenvalue weighted by molar-refractivity contribution is -0.132. The molecule has 1 N–H and O–H groups in total. The SMILES string of the molecule is COc1ccccc1[C@@H]1NC(=O)N(C)C2=C1C(=O)N(CCC(=O)N1CCN(c3ccccc3F)CC1)C2. The van der Waals surface area contributed by atoms with Gasteiger partial charge >= 0.3 is 6.03 Å². The number of carbonyl (C=O) groups excluding carboxylic acids is 3. The fraction of sp³-hybridized carbons (Fsp3) is 0.370. The van der Waals surface area contributed by atoms with Crippen LogP contribution in [0.3, 0.4) is 0 Å². The van der Waals surface area contributed by atoms with Gasteiger partial charge in [0, 0.05) is 51.8 Å². The van der Waals surface area contributed by atoms with Crippen LogP contribution in [0.4, 0.5) is 14.9 Å². The Bertz CT molecular complexity index is 1260. The predicted octanol–water partition coefficient (Wildman–Crippen LogP) is 2.37. The number of anilines is 1. The Kier molecular flexibility index (Phi) is 6.73. The van der Waals surface area contributed by atoms with Crippen LogP contribution in [0, 0.1) is 5.82 Å². The van der Waals surface area contributed by atoms with E-state index in [1.165, 1.54) is 11.0 Å². The van der Waals surface area contributed by atoms with Crippen LogP contribution in [-0.4, -0.2) is 86.0 Å². The van der Waals surface area contributed by atoms with Gasteiger partial charge in [-0.2, -0.15) is 0 Å². The Balaban J connectivity index is 1.23. The van der Waals surface area contributed by atoms with E-state index in [0.29, 0.717) is 54.4 Å². The van der Waals surface area contributed by atoms with Crippen molar-refractivity contribution in [1.82, 2.24) is 20.0 Å². The zero-order valence-corrected chi connectivity index (χ0v) is 20.9. The van der Waals surface area contributed by atoms with Gasteiger partial charge in [0.05, 0.1) is 36.7 Å². The fourth-order valence-corrected chi connectivity index (χ4v) is 5.24. The molecule has 1 atom stereocenters. The summed E-state index contributed by atoms with van der Waals surface area (Å²) in [7, 11) is 3.19. The van der Waals surface area contributed by atoms with E-state index in [1.54, 1.807) is 48.2 Å². The number of hydrogen-bond acceptors (Lipinski definition) is 5. The minimum Gasteiger partial charge on any atom is -0.496 e. The molecular weight excluding hydrogens is 477 g/mol. The van der Waals surface area contributed by atoms with Crippen LogP contribution >= 0.6 is 0 Å². The van der Waals surface area contributed by atoms with Gasteiger partial charge in [0.15, 0.2) is 0 Å². The van der Waals surface area contributed by atoms with Gasteiger partial charge in [0.2, 0.25) is 5.91 Å². The fourth-order valence-electron chi connectivity index (χ4n) is 5.24. The lowest BCUT2D eigenvalue weighted by Crippen LogP contribution is -2.49. The van der Waals surface area contributed by atoms with Crippen molar-refractivity contribution in [2.45, 2.75) is 12.5 Å². The number of methoxy groups -OCH3 is 1. The predicted molar refractivity (Wildman–Crippen MR) is 135 cm³/mol. The summed E-state index contributed by atoms with van der Waals surface area (Å²) in [4.78, 5) is 45.9. The highest BCUT2D eigenvalue weighted by molar-refractivity contribution is 6.01. The largest absolute Gasteiger partial charge is 0.496 e. The number of carbonyl (C=O) groups is 3. The van der Waals surface area contributed by atoms with Crippen LogP contribution < -0.4 is 15.0 Å². The van der Waals surface area contributed by atoms with Gasteiger partial charge in [-0.3, -0.25) is 14.5 Å². The minimum atomic E-state index is -0.630. The molecule has 5 rings (SSSR count). The third kappa shape index (κ3) is 4.59. The average molecular weight is 508 g/mol. The molecule has 0 radical (unpaired) electrons. The topological polar surface area (TPSA) is 85.4 Å². The molecule has 3 aliphatic heterocycles. The van der Waals surface area contributed by atoms with Crippen molar-refractivity contribution in [3.63, 3.8) is 0 Å². The van der Waals surface area contributed by atoms with Gasteiger partial charge in [-0.25, -0.2) is 9.18 Å². The molecular formula is C27H30FN5O4. The Labute approximate surface area is 215 Å². The van der Waals surface area contributed by atoms with E-state index in [2.05, 4.69) is 5.32 Å². The summed E-state index contributed by atoms with van der Waals surface area (Å²) in [5.74, 6) is 0.0698. The van der Waals surface area contributed by atoms with Crippen LogP contribution in [0.15, 0.2) is 59.8 Å². The van der Waals surface area contributed by atoms with Crippen LogP contribution in [0.5, 0.6) is 5.75 Å². The van der Waals surface area contributed by atoms with Crippen molar-refractivity contribution < 1.29 is 23.5 Å². The highest BCUT2D eigenvalue weighted by atomic mass is 19.1. The molecule has 37 heavy (non-hydrogen) atoms. The monoisotopic (exact) mass is 507 g/mol. The molecule has 10 heteroatoms. The number of piperazine rings is 1. The van der Waals surface area contributed by atoms with E-state index < -0.39 is 6.04 Å². The molecule has 3 aliphatic rings. The maximum atomic E-state index is 14.1. The first-order valence-electron chi connectivity index (χ1n) is 12.4. The van der Waals surface area contributed by atoms with Gasteiger partial charge in [0.25, 0.3) is 5.91 Å². The Morgan fingerprint density at radius 2 is 1.76 bits per heavy atom. The molecule has 1 fully saturated rings. The first-order chi connectivity index (χ1) is 17.9. The number of ether oxygens (including phenoxy) is 1. The number of para-hydroxylation sites is 2. The molecule has 0 saturated carbocycles. The smallest absolute Gasteiger partial charge is 0.322 e. The number of likely N-dealkylation sites (N-methyl/N-ethyl adjacent to an activating group) is 1. The molecule has 0 bridgehead atoms. The van der Waals surface area contributed by atoms with Crippen molar-refractivity contribution >= 4 is 23.5 Å². The van der Waals surface area contributed by atoms with Gasteiger partial charge in [-0.1, -0.05) is 30.3 Å². The molecule has 0 aliphatic carbocycles. The number of benzene rings is 2. The van der Waals surface area contributed by atoms with Gasteiger partial charge in [0.1, 0.15) is 11.6 Å². The lowest BCUT2D eigenvalue weighted by Gasteiger charge is -2.36. The highest BCUT2D eigenvalue weighted by Crippen LogP contribution is 2.38. The number of hydrogen-bond donors (Lipinski definition) is 1. The molecule has 4 amide bonds. The summed E-state index contributed by atoms with van der Waals surface area (Å²) in [6, 6.07) is 13.0. The van der Waals surface area contributed by atoms with E-state index >= 15 is 0 Å². The summed E-state index contributed by atoms with van der Waals surface area (Å²) in [5.41, 5.74) is 2.39. The van der Waals surface area contributed by atoms with Crippen molar-refractivity contribution in [2.24, 2.45) is 0 Å². The second-order valence-electron chi connectivity index (χ2n) is 9.34. The number of nitrogens with zero attached hydrogens (tertiary/aromatic N) is 4. The first kappa shape index (κ1) is 24.6. The highest BCUT2D eigenvalue weighted by Gasteiger charge is 2.43. The molecule has 194 valence electrons. The van der Waals surface area contributed by atoms with Crippen LogP contribution in [-0.2, 0) is 9.59 Å². The summed E-state index contributed by atoms with van der Waals surface area (Å²) in [6.45, 7) is 2.59. The van der Waals surface area contributed by atoms with E-state index in [0.717, 1.165) is 0 Å². The lowest BCUT2D eigenvalue weighted by atomic mass is 9.95. The second-order valence-corrected chi connectivity index (χ2v) is 9.34. The Morgan fingerprint density at radius 3 is 2.49 bits per heavy atom. The van der Waals surface area contributed by atoms with Crippen LogP contribution in [0.25, 0.3) is 0 Å². The Morgan fingerprint density at radius 1 is 1.05 bits per heavy atom. The summed E-state index contributed by atoms with van der Waals surface area (Å²) in [5, 5.41) is 2.91. The van der Waals surface area contributed by atoms with E-state index in [-0.39, 0.29) is 43.2 Å². The zero-order chi connectivity index (χ0) is 26.1. The zero-order valence-electron chi connectivity index (χ0n) is 20.9. The van der Waals surface area contributed by atoms with Gasteiger partial charge in [-0.15, -0.1) is 0 Å². The molecule has 1 saturated heterocycles. The second kappa shape index (κ2) is 10.1. The van der Waals surface area contributed by atoms with Crippen LogP contribution in [0.1, 0.15) is 18.0 Å². The normalized spacial score (nSPS) is 19.8. The number of nitrogens with one attached hydrogen (secondary N) is 1. The molecule has 0 aromatic heterocycles. The van der Waals surface area contributed by atoms with E-state index in [4.69, 9.17) is 4.74 Å². The van der Waals surface area contributed by atoms with E-state index in [1.807, 2.05) is 23.1 Å². The third-order valence-corrected chi connectivity index (χ3v) is 7.31. The van der Waals surface area contributed by atoms with Crippen molar-refractivity contribution in [1.29, 1.82) is 0 Å². The molecule has 0 unspecified atom stereocenters. The van der Waals surface area contributed by atoms with Crippen molar-refractivity contribution in [3.8, 4) is 5.75 Å².